The van der Waals surface area contributed by atoms with Crippen LogP contribution in [0.25, 0.3) is 0 Å². The maximum absolute atomic E-state index is 13.0. The highest BCUT2D eigenvalue weighted by molar-refractivity contribution is 7.10. The predicted molar refractivity (Wildman–Crippen MR) is 83.0 cm³/mol. The van der Waals surface area contributed by atoms with Crippen molar-refractivity contribution in [2.45, 2.75) is 6.04 Å². The van der Waals surface area contributed by atoms with E-state index in [0.29, 0.717) is 17.7 Å². The van der Waals surface area contributed by atoms with Crippen molar-refractivity contribution in [1.29, 1.82) is 0 Å². The average molecular weight is 317 g/mol. The number of hydrogen-bond donors (Lipinski definition) is 0. The van der Waals surface area contributed by atoms with E-state index in [4.69, 9.17) is 4.52 Å². The van der Waals surface area contributed by atoms with Crippen molar-refractivity contribution in [3.05, 3.63) is 59.9 Å². The third-order valence-corrected chi connectivity index (χ3v) is 4.02. The fourth-order valence-electron chi connectivity index (χ4n) is 2.63. The number of aldehydes is 1. The summed E-state index contributed by atoms with van der Waals surface area (Å²) >= 11 is 0. The molecular formula is C16H13FNO3P. The molecule has 0 radical (unpaired) electrons. The van der Waals surface area contributed by atoms with Crippen LogP contribution in [0, 0.1) is 11.7 Å². The minimum atomic E-state index is -0.715. The van der Waals surface area contributed by atoms with Crippen LogP contribution in [0.5, 0.6) is 5.75 Å². The van der Waals surface area contributed by atoms with E-state index in [9.17, 15) is 14.0 Å². The predicted octanol–water partition coefficient (Wildman–Crippen LogP) is 2.90. The first-order valence-corrected chi connectivity index (χ1v) is 7.13. The lowest BCUT2D eigenvalue weighted by molar-refractivity contribution is -0.134. The molecule has 0 aromatic heterocycles. The lowest BCUT2D eigenvalue weighted by Gasteiger charge is -2.45. The topological polar surface area (TPSA) is 46.6 Å². The van der Waals surface area contributed by atoms with Crippen LogP contribution in [0.4, 0.5) is 10.1 Å². The zero-order valence-corrected chi connectivity index (χ0v) is 12.6. The van der Waals surface area contributed by atoms with Gasteiger partial charge in [-0.1, -0.05) is 12.1 Å². The minimum Gasteiger partial charge on any atom is -0.480 e. The summed E-state index contributed by atoms with van der Waals surface area (Å²) in [6.07, 6.45) is 0.660. The maximum atomic E-state index is 13.0. The van der Waals surface area contributed by atoms with Gasteiger partial charge in [-0.25, -0.2) is 4.39 Å². The zero-order valence-electron chi connectivity index (χ0n) is 11.5. The monoisotopic (exact) mass is 317 g/mol. The van der Waals surface area contributed by atoms with Crippen LogP contribution in [-0.4, -0.2) is 12.2 Å². The Labute approximate surface area is 129 Å². The van der Waals surface area contributed by atoms with Gasteiger partial charge in [-0.3, -0.25) is 4.79 Å². The summed E-state index contributed by atoms with van der Waals surface area (Å²) in [5.74, 6) is -0.705. The first-order chi connectivity index (χ1) is 10.7. The van der Waals surface area contributed by atoms with Gasteiger partial charge < -0.3 is 14.2 Å². The van der Waals surface area contributed by atoms with Crippen molar-refractivity contribution >= 4 is 27.3 Å². The average Bonchev–Trinajstić information content (AvgIpc) is 2.55. The van der Waals surface area contributed by atoms with Crippen molar-refractivity contribution in [2.24, 2.45) is 5.92 Å². The first-order valence-electron chi connectivity index (χ1n) is 6.66. The van der Waals surface area contributed by atoms with Crippen molar-refractivity contribution in [3.63, 3.8) is 0 Å². The highest BCUT2D eigenvalue weighted by Gasteiger charge is 2.48. The summed E-state index contributed by atoms with van der Waals surface area (Å²) in [6, 6.07) is 12.4. The van der Waals surface area contributed by atoms with Crippen LogP contribution < -0.4 is 9.42 Å². The SMILES string of the molecule is O=CC1C(=O)N(c2ccc(F)cc2)C1c1ccc(OP)cc1. The van der Waals surface area contributed by atoms with Gasteiger partial charge in [0, 0.05) is 5.69 Å². The van der Waals surface area contributed by atoms with E-state index in [1.807, 2.05) is 12.1 Å². The summed E-state index contributed by atoms with van der Waals surface area (Å²) in [5, 5.41) is 0. The van der Waals surface area contributed by atoms with E-state index in [-0.39, 0.29) is 17.8 Å². The van der Waals surface area contributed by atoms with Crippen LogP contribution >= 0.6 is 9.47 Å². The second kappa shape index (κ2) is 5.85. The van der Waals surface area contributed by atoms with Gasteiger partial charge >= 0.3 is 0 Å². The van der Waals surface area contributed by atoms with Gasteiger partial charge in [0.2, 0.25) is 5.91 Å². The number of carbonyl (C=O) groups is 2. The van der Waals surface area contributed by atoms with Crippen molar-refractivity contribution in [3.8, 4) is 5.75 Å². The molecule has 1 amide bonds. The molecule has 1 saturated heterocycles. The lowest BCUT2D eigenvalue weighted by Crippen LogP contribution is -2.56. The van der Waals surface area contributed by atoms with Crippen LogP contribution in [0.15, 0.2) is 48.5 Å². The Morgan fingerprint density at radius 1 is 1.09 bits per heavy atom. The number of carbonyl (C=O) groups excluding carboxylic acids is 2. The number of hydrogen-bond acceptors (Lipinski definition) is 3. The van der Waals surface area contributed by atoms with Crippen molar-refractivity contribution in [2.75, 3.05) is 4.90 Å². The highest BCUT2D eigenvalue weighted by Crippen LogP contribution is 2.42. The van der Waals surface area contributed by atoms with Crippen LogP contribution in [0.1, 0.15) is 11.6 Å². The van der Waals surface area contributed by atoms with Gasteiger partial charge in [0.15, 0.2) is 0 Å². The van der Waals surface area contributed by atoms with Crippen LogP contribution in [0.3, 0.4) is 0 Å². The van der Waals surface area contributed by atoms with Gasteiger partial charge in [-0.05, 0) is 42.0 Å². The molecule has 1 aliphatic heterocycles. The molecule has 3 rings (SSSR count). The van der Waals surface area contributed by atoms with Gasteiger partial charge in [-0.15, -0.1) is 0 Å². The van der Waals surface area contributed by atoms with Crippen LogP contribution in [-0.2, 0) is 9.59 Å². The first kappa shape index (κ1) is 14.7. The lowest BCUT2D eigenvalue weighted by atomic mass is 9.83. The minimum absolute atomic E-state index is 0.280. The Morgan fingerprint density at radius 3 is 2.27 bits per heavy atom. The molecular weight excluding hydrogens is 304 g/mol. The van der Waals surface area contributed by atoms with E-state index >= 15 is 0 Å². The molecule has 22 heavy (non-hydrogen) atoms. The number of benzene rings is 2. The fraction of sp³-hybridized carbons (Fsp3) is 0.125. The standard InChI is InChI=1S/C16H13FNO3P/c17-11-3-5-12(6-4-11)18-15(14(9-19)16(18)20)10-1-7-13(21-22)8-2-10/h1-9,14-15H,22H2. The van der Waals surface area contributed by atoms with Crippen molar-refractivity contribution < 1.29 is 18.5 Å². The molecule has 0 N–H and O–H groups in total. The number of anilines is 1. The summed E-state index contributed by atoms with van der Waals surface area (Å²) in [5.41, 5.74) is 1.40. The molecule has 3 unspecified atom stereocenters. The number of nitrogens with zero attached hydrogens (tertiary/aromatic N) is 1. The molecule has 0 aliphatic carbocycles. The third kappa shape index (κ3) is 2.38. The molecule has 2 aromatic carbocycles. The molecule has 0 saturated carbocycles. The molecule has 1 heterocycles. The quantitative estimate of drug-likeness (QED) is 0.377. The normalized spacial score (nSPS) is 20.5. The molecule has 1 aliphatic rings. The van der Waals surface area contributed by atoms with Gasteiger partial charge in [0.05, 0.1) is 15.5 Å². The summed E-state index contributed by atoms with van der Waals surface area (Å²) in [4.78, 5) is 24.9. The second-order valence-electron chi connectivity index (χ2n) is 4.98. The summed E-state index contributed by atoms with van der Waals surface area (Å²) in [7, 11) is 2.15. The Bertz CT molecular complexity index is 702. The number of halogens is 1. The molecule has 1 fully saturated rings. The van der Waals surface area contributed by atoms with E-state index in [1.165, 1.54) is 29.2 Å². The smallest absolute Gasteiger partial charge is 0.240 e. The second-order valence-corrected chi connectivity index (χ2v) is 5.21. The largest absolute Gasteiger partial charge is 0.480 e. The molecule has 0 bridgehead atoms. The summed E-state index contributed by atoms with van der Waals surface area (Å²) in [6.45, 7) is 0. The molecule has 112 valence electrons. The number of rotatable bonds is 4. The Hall–Kier alpha value is -2.26. The third-order valence-electron chi connectivity index (χ3n) is 3.75. The van der Waals surface area contributed by atoms with Gasteiger partial charge in [0.1, 0.15) is 23.8 Å². The van der Waals surface area contributed by atoms with Gasteiger partial charge in [-0.2, -0.15) is 0 Å². The van der Waals surface area contributed by atoms with Crippen LogP contribution in [0.2, 0.25) is 0 Å². The zero-order chi connectivity index (χ0) is 15.7. The van der Waals surface area contributed by atoms with E-state index in [1.54, 1.807) is 12.1 Å². The molecule has 0 spiro atoms. The number of amides is 1. The Balaban J connectivity index is 1.95. The Morgan fingerprint density at radius 2 is 1.73 bits per heavy atom. The van der Waals surface area contributed by atoms with E-state index in [0.717, 1.165) is 5.56 Å². The summed E-state index contributed by atoms with van der Waals surface area (Å²) < 4.78 is 18.1. The number of β-lactam (4-membered cyclic amide) rings is 1. The molecule has 3 atom stereocenters. The molecule has 6 heteroatoms. The highest BCUT2D eigenvalue weighted by atomic mass is 31.0. The van der Waals surface area contributed by atoms with E-state index < -0.39 is 5.92 Å². The maximum Gasteiger partial charge on any atom is 0.240 e. The van der Waals surface area contributed by atoms with Gasteiger partial charge in [0.25, 0.3) is 0 Å². The molecule has 2 aromatic rings. The molecule has 4 nitrogen and oxygen atoms in total. The fourth-order valence-corrected chi connectivity index (χ4v) is 2.79. The Kier molecular flexibility index (Phi) is 3.90. The van der Waals surface area contributed by atoms with E-state index in [2.05, 4.69) is 9.47 Å². The van der Waals surface area contributed by atoms with Crippen molar-refractivity contribution in [1.82, 2.24) is 0 Å².